The summed E-state index contributed by atoms with van der Waals surface area (Å²) >= 11 is 1.37. The van der Waals surface area contributed by atoms with Crippen molar-refractivity contribution in [3.63, 3.8) is 0 Å². The van der Waals surface area contributed by atoms with E-state index in [4.69, 9.17) is 0 Å². The van der Waals surface area contributed by atoms with E-state index >= 15 is 0 Å². The molecule has 1 aliphatic heterocycles. The Morgan fingerprint density at radius 1 is 1.56 bits per heavy atom. The summed E-state index contributed by atoms with van der Waals surface area (Å²) in [5.74, 6) is -1.45. The normalized spacial score (nSPS) is 22.4. The van der Waals surface area contributed by atoms with Crippen molar-refractivity contribution in [3.8, 4) is 0 Å². The molecule has 8 nitrogen and oxygen atoms in total. The first-order valence-electron chi connectivity index (χ1n) is 5.13. The van der Waals surface area contributed by atoms with Crippen LogP contribution in [-0.2, 0) is 4.79 Å². The van der Waals surface area contributed by atoms with Gasteiger partial charge in [-0.25, -0.2) is 9.98 Å². The standard InChI is InChI=1S/C9H8N6O2S/c1-4-5(8(16)17)6(7-10-2-3-18-7)15-9(11-4)12-13-14-15/h2-3,5-6H,1H3,(H,16,17). The minimum absolute atomic E-state index is 0.310. The number of carboxylic acids is 1. The quantitative estimate of drug-likeness (QED) is 0.847. The second-order valence-corrected chi connectivity index (χ2v) is 4.73. The summed E-state index contributed by atoms with van der Waals surface area (Å²) in [5, 5.41) is 22.9. The maximum Gasteiger partial charge on any atom is 0.314 e. The number of fused-ring (bicyclic) bond motifs is 1. The average Bonchev–Trinajstić information content (AvgIpc) is 2.96. The Bertz CT molecular complexity index is 619. The number of rotatable bonds is 2. The minimum Gasteiger partial charge on any atom is -0.481 e. The molecule has 0 aliphatic carbocycles. The molecule has 1 N–H and O–H groups in total. The molecule has 0 spiro atoms. The highest BCUT2D eigenvalue weighted by atomic mass is 32.1. The Labute approximate surface area is 105 Å². The number of hydrogen-bond donors (Lipinski definition) is 1. The maximum absolute atomic E-state index is 11.4. The van der Waals surface area contributed by atoms with E-state index in [1.165, 1.54) is 16.0 Å². The van der Waals surface area contributed by atoms with Gasteiger partial charge in [0.25, 0.3) is 5.95 Å². The molecule has 2 aromatic heterocycles. The van der Waals surface area contributed by atoms with Gasteiger partial charge in [-0.15, -0.1) is 11.3 Å². The third-order valence-corrected chi connectivity index (χ3v) is 3.60. The number of carbonyl (C=O) groups is 1. The van der Waals surface area contributed by atoms with Crippen LogP contribution >= 0.6 is 11.3 Å². The van der Waals surface area contributed by atoms with Crippen molar-refractivity contribution in [2.45, 2.75) is 13.0 Å². The highest BCUT2D eigenvalue weighted by molar-refractivity contribution is 7.09. The van der Waals surface area contributed by atoms with Crippen LogP contribution in [0, 0.1) is 5.92 Å². The zero-order valence-corrected chi connectivity index (χ0v) is 10.1. The number of aliphatic imine (C=N–C) groups is 1. The van der Waals surface area contributed by atoms with Gasteiger partial charge in [0, 0.05) is 17.3 Å². The molecule has 2 unspecified atom stereocenters. The summed E-state index contributed by atoms with van der Waals surface area (Å²) in [6, 6.07) is -0.537. The van der Waals surface area contributed by atoms with Crippen LogP contribution in [0.4, 0.5) is 5.95 Å². The molecule has 0 saturated heterocycles. The molecule has 9 heteroatoms. The molecule has 3 rings (SSSR count). The van der Waals surface area contributed by atoms with Gasteiger partial charge in [-0.3, -0.25) is 4.79 Å². The van der Waals surface area contributed by atoms with Crippen molar-refractivity contribution >= 4 is 29.0 Å². The fourth-order valence-electron chi connectivity index (χ4n) is 1.98. The van der Waals surface area contributed by atoms with E-state index in [9.17, 15) is 9.90 Å². The second kappa shape index (κ2) is 3.95. The van der Waals surface area contributed by atoms with Crippen LogP contribution in [0.3, 0.4) is 0 Å². The number of carboxylic acid groups (broad SMARTS) is 1. The van der Waals surface area contributed by atoms with Crippen LogP contribution in [0.25, 0.3) is 0 Å². The van der Waals surface area contributed by atoms with Gasteiger partial charge in [-0.1, -0.05) is 5.10 Å². The van der Waals surface area contributed by atoms with Crippen LogP contribution in [0.2, 0.25) is 0 Å². The van der Waals surface area contributed by atoms with E-state index in [0.29, 0.717) is 16.7 Å². The number of tetrazole rings is 1. The van der Waals surface area contributed by atoms with Crippen LogP contribution in [0.15, 0.2) is 16.6 Å². The number of aliphatic carboxylic acids is 1. The molecular weight excluding hydrogens is 256 g/mol. The van der Waals surface area contributed by atoms with Gasteiger partial charge in [0.05, 0.1) is 0 Å². The van der Waals surface area contributed by atoms with Crippen molar-refractivity contribution in [2.75, 3.05) is 0 Å². The Balaban J connectivity index is 2.19. The Morgan fingerprint density at radius 3 is 3.06 bits per heavy atom. The number of nitrogens with zero attached hydrogens (tertiary/aromatic N) is 6. The molecule has 0 saturated carbocycles. The zero-order chi connectivity index (χ0) is 12.7. The van der Waals surface area contributed by atoms with E-state index in [-0.39, 0.29) is 0 Å². The first-order valence-corrected chi connectivity index (χ1v) is 6.01. The van der Waals surface area contributed by atoms with Gasteiger partial charge in [-0.05, 0) is 17.4 Å². The van der Waals surface area contributed by atoms with Crippen molar-refractivity contribution in [2.24, 2.45) is 10.9 Å². The van der Waals surface area contributed by atoms with Gasteiger partial charge in [0.2, 0.25) is 0 Å². The molecule has 0 radical (unpaired) electrons. The topological polar surface area (TPSA) is 106 Å². The molecule has 92 valence electrons. The van der Waals surface area contributed by atoms with Crippen LogP contribution in [-0.4, -0.2) is 42.0 Å². The highest BCUT2D eigenvalue weighted by Crippen LogP contribution is 2.35. The predicted molar refractivity (Wildman–Crippen MR) is 62.0 cm³/mol. The van der Waals surface area contributed by atoms with E-state index in [2.05, 4.69) is 25.5 Å². The summed E-state index contributed by atoms with van der Waals surface area (Å²) in [7, 11) is 0. The van der Waals surface area contributed by atoms with E-state index in [0.717, 1.165) is 0 Å². The maximum atomic E-state index is 11.4. The van der Waals surface area contributed by atoms with E-state index < -0.39 is 17.9 Å². The molecule has 0 aromatic carbocycles. The van der Waals surface area contributed by atoms with Crippen molar-refractivity contribution in [3.05, 3.63) is 16.6 Å². The summed E-state index contributed by atoms with van der Waals surface area (Å²) in [6.45, 7) is 1.66. The summed E-state index contributed by atoms with van der Waals surface area (Å²) in [4.78, 5) is 19.7. The molecule has 2 aromatic rings. The lowest BCUT2D eigenvalue weighted by molar-refractivity contribution is -0.140. The zero-order valence-electron chi connectivity index (χ0n) is 9.26. The summed E-state index contributed by atoms with van der Waals surface area (Å²) in [5.41, 5.74) is 0.477. The number of thiazole rings is 1. The molecule has 3 heterocycles. The Kier molecular flexibility index (Phi) is 2.40. The predicted octanol–water partition coefficient (Wildman–Crippen LogP) is 0.526. The van der Waals surface area contributed by atoms with Gasteiger partial charge >= 0.3 is 5.97 Å². The fraction of sp³-hybridized carbons (Fsp3) is 0.333. The Morgan fingerprint density at radius 2 is 2.39 bits per heavy atom. The van der Waals surface area contributed by atoms with Gasteiger partial charge in [0.15, 0.2) is 0 Å². The molecule has 1 aliphatic rings. The fourth-order valence-corrected chi connectivity index (χ4v) is 2.74. The SMILES string of the molecule is CC1=Nc2nnnn2C(c2nccs2)C1C(=O)O. The van der Waals surface area contributed by atoms with Crippen LogP contribution in [0.5, 0.6) is 0 Å². The van der Waals surface area contributed by atoms with Gasteiger partial charge < -0.3 is 5.11 Å². The molecular formula is C9H8N6O2S. The monoisotopic (exact) mass is 264 g/mol. The average molecular weight is 264 g/mol. The number of aromatic nitrogens is 5. The van der Waals surface area contributed by atoms with Gasteiger partial charge in [-0.2, -0.15) is 4.68 Å². The summed E-state index contributed by atoms with van der Waals surface area (Å²) in [6.07, 6.45) is 1.63. The molecule has 0 bridgehead atoms. The molecule has 0 fully saturated rings. The van der Waals surface area contributed by atoms with Crippen LogP contribution < -0.4 is 0 Å². The summed E-state index contributed by atoms with van der Waals surface area (Å²) < 4.78 is 1.41. The lowest BCUT2D eigenvalue weighted by Crippen LogP contribution is -2.35. The highest BCUT2D eigenvalue weighted by Gasteiger charge is 2.40. The minimum atomic E-state index is -0.961. The third-order valence-electron chi connectivity index (χ3n) is 2.75. The van der Waals surface area contributed by atoms with Crippen molar-refractivity contribution in [1.29, 1.82) is 0 Å². The Hall–Kier alpha value is -2.16. The van der Waals surface area contributed by atoms with Gasteiger partial charge in [0.1, 0.15) is 17.0 Å². The lowest BCUT2D eigenvalue weighted by atomic mass is 9.94. The molecule has 0 amide bonds. The van der Waals surface area contributed by atoms with Crippen molar-refractivity contribution < 1.29 is 9.90 Å². The van der Waals surface area contributed by atoms with Crippen LogP contribution in [0.1, 0.15) is 18.0 Å². The third kappa shape index (κ3) is 1.51. The lowest BCUT2D eigenvalue weighted by Gasteiger charge is -2.25. The smallest absolute Gasteiger partial charge is 0.314 e. The molecule has 2 atom stereocenters. The van der Waals surface area contributed by atoms with E-state index in [1.807, 2.05) is 0 Å². The first kappa shape index (κ1) is 11.0. The molecule has 18 heavy (non-hydrogen) atoms. The van der Waals surface area contributed by atoms with Crippen molar-refractivity contribution in [1.82, 2.24) is 25.2 Å². The first-order chi connectivity index (χ1) is 8.68. The second-order valence-electron chi connectivity index (χ2n) is 3.81. The largest absolute Gasteiger partial charge is 0.481 e. The number of hydrogen-bond acceptors (Lipinski definition) is 7. The van der Waals surface area contributed by atoms with E-state index in [1.54, 1.807) is 18.5 Å².